The average Bonchev–Trinajstić information content (AvgIpc) is 2.99. The standard InChI is InChI=1S/C21H20FN3O4/c1-14-12-18(15(2)24(14)11-9-16-5-7-17(22)8-6-16)19(26)13-29-20-4-3-10-23-21(20)25(27)28/h3-8,10,12H,9,11,13H2,1-2H3. The summed E-state index contributed by atoms with van der Waals surface area (Å²) >= 11 is 0. The Balaban J connectivity index is 1.69. The number of aryl methyl sites for hydroxylation is 2. The zero-order valence-electron chi connectivity index (χ0n) is 16.1. The molecular weight excluding hydrogens is 377 g/mol. The molecule has 0 saturated carbocycles. The summed E-state index contributed by atoms with van der Waals surface area (Å²) in [6.45, 7) is 4.07. The predicted octanol–water partition coefficient (Wildman–Crippen LogP) is 4.05. The highest BCUT2D eigenvalue weighted by atomic mass is 19.1. The van der Waals surface area contributed by atoms with Gasteiger partial charge in [-0.2, -0.15) is 0 Å². The number of halogens is 1. The smallest absolute Gasteiger partial charge is 0.406 e. The summed E-state index contributed by atoms with van der Waals surface area (Å²) in [5.74, 6) is -1.02. The molecule has 0 radical (unpaired) electrons. The highest BCUT2D eigenvalue weighted by molar-refractivity contribution is 5.98. The molecule has 0 unspecified atom stereocenters. The van der Waals surface area contributed by atoms with Crippen molar-refractivity contribution in [3.05, 3.63) is 87.1 Å². The minimum absolute atomic E-state index is 0.0454. The Morgan fingerprint density at radius 3 is 2.66 bits per heavy atom. The molecule has 0 amide bonds. The monoisotopic (exact) mass is 397 g/mol. The molecule has 8 heteroatoms. The van der Waals surface area contributed by atoms with Crippen LogP contribution in [0, 0.1) is 29.8 Å². The molecule has 29 heavy (non-hydrogen) atoms. The number of hydrogen-bond acceptors (Lipinski definition) is 5. The molecule has 3 rings (SSSR count). The Morgan fingerprint density at radius 2 is 1.97 bits per heavy atom. The van der Waals surface area contributed by atoms with Crippen LogP contribution in [-0.4, -0.2) is 26.9 Å². The number of carbonyl (C=O) groups is 1. The number of aromatic nitrogens is 2. The summed E-state index contributed by atoms with van der Waals surface area (Å²) in [6.07, 6.45) is 1.99. The molecule has 7 nitrogen and oxygen atoms in total. The van der Waals surface area contributed by atoms with E-state index in [1.54, 1.807) is 18.2 Å². The lowest BCUT2D eigenvalue weighted by atomic mass is 10.1. The third-order valence-electron chi connectivity index (χ3n) is 4.69. The van der Waals surface area contributed by atoms with E-state index in [-0.39, 0.29) is 24.0 Å². The highest BCUT2D eigenvalue weighted by Gasteiger charge is 2.20. The third kappa shape index (κ3) is 4.66. The Bertz CT molecular complexity index is 1040. The second kappa shape index (κ2) is 8.64. The molecule has 0 aliphatic heterocycles. The zero-order chi connectivity index (χ0) is 21.0. The summed E-state index contributed by atoms with van der Waals surface area (Å²) in [5, 5.41) is 11.0. The lowest BCUT2D eigenvalue weighted by Gasteiger charge is -2.10. The largest absolute Gasteiger partial charge is 0.477 e. The molecule has 150 valence electrons. The molecule has 0 aliphatic rings. The second-order valence-corrected chi connectivity index (χ2v) is 6.61. The first-order valence-corrected chi connectivity index (χ1v) is 9.03. The van der Waals surface area contributed by atoms with Crippen molar-refractivity contribution < 1.29 is 18.8 Å². The SMILES string of the molecule is Cc1cc(C(=O)COc2cccnc2[N+](=O)[O-])c(C)n1CCc1ccc(F)cc1. The van der Waals surface area contributed by atoms with Gasteiger partial charge in [0.15, 0.2) is 6.61 Å². The maximum absolute atomic E-state index is 13.0. The van der Waals surface area contributed by atoms with E-state index in [1.165, 1.54) is 30.5 Å². The van der Waals surface area contributed by atoms with Gasteiger partial charge in [-0.15, -0.1) is 0 Å². The van der Waals surface area contributed by atoms with Crippen LogP contribution in [0.25, 0.3) is 0 Å². The lowest BCUT2D eigenvalue weighted by Crippen LogP contribution is -2.14. The Kier molecular flexibility index (Phi) is 6.01. The fraction of sp³-hybridized carbons (Fsp3) is 0.238. The molecule has 0 fully saturated rings. The number of Topliss-reactive ketones (excluding diaryl/α,β-unsaturated/α-hetero) is 1. The molecule has 2 aromatic heterocycles. The number of pyridine rings is 1. The molecule has 0 bridgehead atoms. The van der Waals surface area contributed by atoms with Gasteiger partial charge in [0.2, 0.25) is 11.5 Å². The molecular formula is C21H20FN3O4. The minimum atomic E-state index is -0.652. The molecule has 3 aromatic rings. The molecule has 1 aromatic carbocycles. The summed E-state index contributed by atoms with van der Waals surface area (Å²) in [4.78, 5) is 26.6. The Morgan fingerprint density at radius 1 is 1.24 bits per heavy atom. The van der Waals surface area contributed by atoms with Crippen molar-refractivity contribution in [1.82, 2.24) is 9.55 Å². The van der Waals surface area contributed by atoms with Crippen LogP contribution in [0.4, 0.5) is 10.2 Å². The van der Waals surface area contributed by atoms with Crippen molar-refractivity contribution >= 4 is 11.6 Å². The van der Waals surface area contributed by atoms with E-state index >= 15 is 0 Å². The van der Waals surface area contributed by atoms with Crippen molar-refractivity contribution in [2.24, 2.45) is 0 Å². The van der Waals surface area contributed by atoms with Crippen LogP contribution >= 0.6 is 0 Å². The van der Waals surface area contributed by atoms with E-state index in [0.29, 0.717) is 18.5 Å². The van der Waals surface area contributed by atoms with Crippen LogP contribution in [0.1, 0.15) is 27.3 Å². The second-order valence-electron chi connectivity index (χ2n) is 6.61. The van der Waals surface area contributed by atoms with Crippen LogP contribution in [0.3, 0.4) is 0 Å². The van der Waals surface area contributed by atoms with Gasteiger partial charge in [0.1, 0.15) is 12.0 Å². The molecule has 0 spiro atoms. The molecule has 0 saturated heterocycles. The number of carbonyl (C=O) groups excluding carboxylic acids is 1. The van der Waals surface area contributed by atoms with E-state index in [2.05, 4.69) is 4.98 Å². The number of nitrogens with zero attached hydrogens (tertiary/aromatic N) is 3. The quantitative estimate of drug-likeness (QED) is 0.325. The number of rotatable bonds is 8. The summed E-state index contributed by atoms with van der Waals surface area (Å²) < 4.78 is 20.4. The Labute approximate surface area is 166 Å². The first-order chi connectivity index (χ1) is 13.9. The average molecular weight is 397 g/mol. The molecule has 0 aliphatic carbocycles. The highest BCUT2D eigenvalue weighted by Crippen LogP contribution is 2.24. The van der Waals surface area contributed by atoms with E-state index < -0.39 is 10.7 Å². The Hall–Kier alpha value is -3.55. The molecule has 0 atom stereocenters. The van der Waals surface area contributed by atoms with E-state index in [9.17, 15) is 19.3 Å². The summed E-state index contributed by atoms with van der Waals surface area (Å²) in [5.41, 5.74) is 3.21. The van der Waals surface area contributed by atoms with Crippen molar-refractivity contribution in [2.45, 2.75) is 26.8 Å². The van der Waals surface area contributed by atoms with Gasteiger partial charge in [0.25, 0.3) is 0 Å². The summed E-state index contributed by atoms with van der Waals surface area (Å²) in [7, 11) is 0. The third-order valence-corrected chi connectivity index (χ3v) is 4.69. The van der Waals surface area contributed by atoms with Crippen LogP contribution in [0.5, 0.6) is 5.75 Å². The fourth-order valence-corrected chi connectivity index (χ4v) is 3.17. The first kappa shape index (κ1) is 20.2. The maximum atomic E-state index is 13.0. The van der Waals surface area contributed by atoms with Crippen molar-refractivity contribution in [3.63, 3.8) is 0 Å². The van der Waals surface area contributed by atoms with E-state index in [1.807, 2.05) is 18.4 Å². The van der Waals surface area contributed by atoms with Gasteiger partial charge in [0, 0.05) is 23.5 Å². The zero-order valence-corrected chi connectivity index (χ0v) is 16.1. The van der Waals surface area contributed by atoms with Crippen LogP contribution in [-0.2, 0) is 13.0 Å². The van der Waals surface area contributed by atoms with Crippen molar-refractivity contribution in [3.8, 4) is 5.75 Å². The topological polar surface area (TPSA) is 87.3 Å². The van der Waals surface area contributed by atoms with Gasteiger partial charge in [-0.1, -0.05) is 12.1 Å². The number of nitro groups is 1. The number of ether oxygens (including phenoxy) is 1. The van der Waals surface area contributed by atoms with Crippen LogP contribution < -0.4 is 4.74 Å². The predicted molar refractivity (Wildman–Crippen MR) is 105 cm³/mol. The van der Waals surface area contributed by atoms with Gasteiger partial charge in [-0.3, -0.25) is 4.79 Å². The first-order valence-electron chi connectivity index (χ1n) is 9.03. The maximum Gasteiger partial charge on any atom is 0.406 e. The fourth-order valence-electron chi connectivity index (χ4n) is 3.17. The van der Waals surface area contributed by atoms with Crippen molar-refractivity contribution in [2.75, 3.05) is 6.61 Å². The van der Waals surface area contributed by atoms with E-state index in [0.717, 1.165) is 17.0 Å². The number of benzene rings is 1. The van der Waals surface area contributed by atoms with Crippen molar-refractivity contribution in [1.29, 1.82) is 0 Å². The van der Waals surface area contributed by atoms with E-state index in [4.69, 9.17) is 4.74 Å². The lowest BCUT2D eigenvalue weighted by molar-refractivity contribution is -0.390. The molecule has 0 N–H and O–H groups in total. The normalized spacial score (nSPS) is 10.7. The van der Waals surface area contributed by atoms with Gasteiger partial charge >= 0.3 is 5.82 Å². The summed E-state index contributed by atoms with van der Waals surface area (Å²) in [6, 6.07) is 11.0. The van der Waals surface area contributed by atoms with Crippen LogP contribution in [0.15, 0.2) is 48.7 Å². The van der Waals surface area contributed by atoms with Gasteiger partial charge in [-0.25, -0.2) is 4.39 Å². The minimum Gasteiger partial charge on any atom is -0.477 e. The number of ketones is 1. The van der Waals surface area contributed by atoms with Gasteiger partial charge < -0.3 is 19.4 Å². The van der Waals surface area contributed by atoms with Crippen LogP contribution in [0.2, 0.25) is 0 Å². The van der Waals surface area contributed by atoms with Gasteiger partial charge in [-0.05, 0) is 66.1 Å². The number of hydrogen-bond donors (Lipinski definition) is 0. The molecule has 2 heterocycles. The van der Waals surface area contributed by atoms with Gasteiger partial charge in [0.05, 0.1) is 0 Å².